The van der Waals surface area contributed by atoms with Crippen molar-refractivity contribution in [3.05, 3.63) is 109 Å². The molecule has 0 fully saturated rings. The zero-order chi connectivity index (χ0) is 24.7. The van der Waals surface area contributed by atoms with Crippen LogP contribution in [0, 0.1) is 0 Å². The molecule has 1 amide bonds. The van der Waals surface area contributed by atoms with E-state index in [-0.39, 0.29) is 10.6 Å². The standard InChI is InChI=1S/C27H24N2O5S/c1-33-26-15-9-8-14-25(26)29(35(31,32)24-12-6-3-7-13-24)20-27(30)28-21-16-18-23(19-17-21)34-22-10-4-2-5-11-22/h2-19H,20H2,1H3,(H,28,30). The fourth-order valence-electron chi connectivity index (χ4n) is 3.42. The van der Waals surface area contributed by atoms with E-state index in [0.29, 0.717) is 22.9 Å². The maximum Gasteiger partial charge on any atom is 0.264 e. The molecular weight excluding hydrogens is 464 g/mol. The van der Waals surface area contributed by atoms with E-state index < -0.39 is 22.5 Å². The maximum absolute atomic E-state index is 13.5. The van der Waals surface area contributed by atoms with Crippen molar-refractivity contribution in [3.63, 3.8) is 0 Å². The monoisotopic (exact) mass is 488 g/mol. The molecule has 35 heavy (non-hydrogen) atoms. The van der Waals surface area contributed by atoms with Crippen LogP contribution in [0.4, 0.5) is 11.4 Å². The minimum Gasteiger partial charge on any atom is -0.495 e. The number of rotatable bonds is 9. The van der Waals surface area contributed by atoms with Crippen molar-refractivity contribution < 1.29 is 22.7 Å². The maximum atomic E-state index is 13.5. The van der Waals surface area contributed by atoms with Gasteiger partial charge in [0.1, 0.15) is 23.8 Å². The lowest BCUT2D eigenvalue weighted by Gasteiger charge is -2.25. The number of anilines is 2. The number of nitrogens with one attached hydrogen (secondary N) is 1. The van der Waals surface area contributed by atoms with E-state index >= 15 is 0 Å². The largest absolute Gasteiger partial charge is 0.495 e. The summed E-state index contributed by atoms with van der Waals surface area (Å²) in [6.07, 6.45) is 0. The molecule has 7 nitrogen and oxygen atoms in total. The SMILES string of the molecule is COc1ccccc1N(CC(=O)Nc1ccc(Oc2ccccc2)cc1)S(=O)(=O)c1ccccc1. The highest BCUT2D eigenvalue weighted by Crippen LogP contribution is 2.32. The van der Waals surface area contributed by atoms with Gasteiger partial charge in [-0.3, -0.25) is 9.10 Å². The van der Waals surface area contributed by atoms with Gasteiger partial charge in [-0.15, -0.1) is 0 Å². The topological polar surface area (TPSA) is 84.9 Å². The van der Waals surface area contributed by atoms with E-state index in [4.69, 9.17) is 9.47 Å². The predicted octanol–water partition coefficient (Wildman–Crippen LogP) is 5.32. The number of sulfonamides is 1. The Balaban J connectivity index is 1.55. The molecule has 0 unspecified atom stereocenters. The Hall–Kier alpha value is -4.30. The van der Waals surface area contributed by atoms with Crippen molar-refractivity contribution in [1.82, 2.24) is 0 Å². The lowest BCUT2D eigenvalue weighted by atomic mass is 10.3. The summed E-state index contributed by atoms with van der Waals surface area (Å²) in [7, 11) is -2.59. The van der Waals surface area contributed by atoms with Gasteiger partial charge in [-0.05, 0) is 60.7 Å². The number of methoxy groups -OCH3 is 1. The summed E-state index contributed by atoms with van der Waals surface area (Å²) in [5, 5.41) is 2.75. The van der Waals surface area contributed by atoms with E-state index in [1.165, 1.54) is 19.2 Å². The Morgan fingerprint density at radius 1 is 0.771 bits per heavy atom. The van der Waals surface area contributed by atoms with Gasteiger partial charge in [0.05, 0.1) is 17.7 Å². The molecule has 0 bridgehead atoms. The third-order valence-corrected chi connectivity index (χ3v) is 6.86. The summed E-state index contributed by atoms with van der Waals surface area (Å²) in [6, 6.07) is 30.8. The van der Waals surface area contributed by atoms with Crippen LogP contribution in [0.2, 0.25) is 0 Å². The quantitative estimate of drug-likeness (QED) is 0.345. The Kier molecular flexibility index (Phi) is 7.32. The second kappa shape index (κ2) is 10.8. The summed E-state index contributed by atoms with van der Waals surface area (Å²) in [6.45, 7) is -0.445. The first kappa shape index (κ1) is 23.8. The normalized spacial score (nSPS) is 10.9. The van der Waals surface area contributed by atoms with Crippen molar-refractivity contribution in [2.24, 2.45) is 0 Å². The minimum absolute atomic E-state index is 0.0705. The molecule has 8 heteroatoms. The number of hydrogen-bond donors (Lipinski definition) is 1. The molecule has 0 atom stereocenters. The first-order chi connectivity index (χ1) is 17.0. The lowest BCUT2D eigenvalue weighted by Crippen LogP contribution is -2.38. The number of carbonyl (C=O) groups excluding carboxylic acids is 1. The highest BCUT2D eigenvalue weighted by molar-refractivity contribution is 7.92. The molecule has 4 rings (SSSR count). The Morgan fingerprint density at radius 2 is 1.34 bits per heavy atom. The molecule has 0 aromatic heterocycles. The van der Waals surface area contributed by atoms with Crippen LogP contribution in [0.3, 0.4) is 0 Å². The summed E-state index contributed by atoms with van der Waals surface area (Å²) in [5.74, 6) is 1.13. The van der Waals surface area contributed by atoms with Crippen LogP contribution in [0.15, 0.2) is 114 Å². The summed E-state index contributed by atoms with van der Waals surface area (Å²) in [4.78, 5) is 13.0. The Bertz CT molecular complexity index is 1380. The third-order valence-electron chi connectivity index (χ3n) is 5.09. The number of ether oxygens (including phenoxy) is 2. The second-order valence-corrected chi connectivity index (χ2v) is 9.35. The lowest BCUT2D eigenvalue weighted by molar-refractivity contribution is -0.114. The molecule has 0 aliphatic heterocycles. The van der Waals surface area contributed by atoms with Crippen LogP contribution in [-0.4, -0.2) is 28.0 Å². The van der Waals surface area contributed by atoms with Crippen molar-refractivity contribution in [3.8, 4) is 17.2 Å². The molecule has 0 aliphatic carbocycles. The first-order valence-electron chi connectivity index (χ1n) is 10.8. The van der Waals surface area contributed by atoms with Gasteiger partial charge in [-0.1, -0.05) is 48.5 Å². The van der Waals surface area contributed by atoms with Crippen molar-refractivity contribution in [2.75, 3.05) is 23.3 Å². The molecule has 0 saturated carbocycles. The fourth-order valence-corrected chi connectivity index (χ4v) is 4.87. The number of amides is 1. The van der Waals surface area contributed by atoms with E-state index in [0.717, 1.165) is 4.31 Å². The minimum atomic E-state index is -4.04. The molecule has 1 N–H and O–H groups in total. The molecule has 4 aromatic rings. The number of carbonyl (C=O) groups is 1. The smallest absolute Gasteiger partial charge is 0.264 e. The molecule has 0 spiro atoms. The second-order valence-electron chi connectivity index (χ2n) is 7.48. The van der Waals surface area contributed by atoms with E-state index in [2.05, 4.69) is 5.32 Å². The van der Waals surface area contributed by atoms with E-state index in [1.807, 2.05) is 30.3 Å². The highest BCUT2D eigenvalue weighted by Gasteiger charge is 2.29. The zero-order valence-electron chi connectivity index (χ0n) is 19.0. The average Bonchev–Trinajstić information content (AvgIpc) is 2.89. The average molecular weight is 489 g/mol. The van der Waals surface area contributed by atoms with Crippen LogP contribution in [-0.2, 0) is 14.8 Å². The van der Waals surface area contributed by atoms with Crippen molar-refractivity contribution in [2.45, 2.75) is 4.90 Å². The van der Waals surface area contributed by atoms with Crippen molar-refractivity contribution in [1.29, 1.82) is 0 Å². The van der Waals surface area contributed by atoms with Gasteiger partial charge in [0.2, 0.25) is 5.91 Å². The molecular formula is C27H24N2O5S. The number of hydrogen-bond acceptors (Lipinski definition) is 5. The van der Waals surface area contributed by atoms with Gasteiger partial charge >= 0.3 is 0 Å². The Labute approximate surface area is 204 Å². The van der Waals surface area contributed by atoms with Crippen molar-refractivity contribution >= 4 is 27.3 Å². The summed E-state index contributed by atoms with van der Waals surface area (Å²) in [5.41, 5.74) is 0.771. The first-order valence-corrected chi connectivity index (χ1v) is 12.2. The summed E-state index contributed by atoms with van der Waals surface area (Å²) < 4.78 is 39.1. The Morgan fingerprint density at radius 3 is 2.00 bits per heavy atom. The molecule has 178 valence electrons. The van der Waals surface area contributed by atoms with Gasteiger partial charge in [0.25, 0.3) is 10.0 Å². The highest BCUT2D eigenvalue weighted by atomic mass is 32.2. The number of benzene rings is 4. The molecule has 4 aromatic carbocycles. The third kappa shape index (κ3) is 5.80. The van der Waals surface area contributed by atoms with Gasteiger partial charge in [0.15, 0.2) is 0 Å². The molecule has 0 heterocycles. The van der Waals surface area contributed by atoms with Crippen LogP contribution in [0.1, 0.15) is 0 Å². The van der Waals surface area contributed by atoms with E-state index in [9.17, 15) is 13.2 Å². The van der Waals surface area contributed by atoms with E-state index in [1.54, 1.807) is 66.7 Å². The van der Waals surface area contributed by atoms with Gasteiger partial charge in [-0.25, -0.2) is 8.42 Å². The number of para-hydroxylation sites is 3. The van der Waals surface area contributed by atoms with Gasteiger partial charge in [-0.2, -0.15) is 0 Å². The zero-order valence-corrected chi connectivity index (χ0v) is 19.8. The van der Waals surface area contributed by atoms with Crippen LogP contribution in [0.5, 0.6) is 17.2 Å². The fraction of sp³-hybridized carbons (Fsp3) is 0.0741. The van der Waals surface area contributed by atoms with Gasteiger partial charge < -0.3 is 14.8 Å². The number of nitrogens with zero attached hydrogens (tertiary/aromatic N) is 1. The van der Waals surface area contributed by atoms with Crippen LogP contribution < -0.4 is 19.1 Å². The van der Waals surface area contributed by atoms with Crippen LogP contribution >= 0.6 is 0 Å². The summed E-state index contributed by atoms with van der Waals surface area (Å²) >= 11 is 0. The van der Waals surface area contributed by atoms with Crippen LogP contribution in [0.25, 0.3) is 0 Å². The van der Waals surface area contributed by atoms with Gasteiger partial charge in [0, 0.05) is 5.69 Å². The predicted molar refractivity (Wildman–Crippen MR) is 136 cm³/mol. The molecule has 0 radical (unpaired) electrons. The molecule has 0 aliphatic rings. The molecule has 0 saturated heterocycles.